The molecule has 8 heteroatoms. The summed E-state index contributed by atoms with van der Waals surface area (Å²) in [4.78, 5) is 9.03. The number of aromatic nitrogens is 4. The van der Waals surface area contributed by atoms with Crippen LogP contribution < -0.4 is 9.47 Å². The molecule has 3 aromatic rings. The molecular weight excluding hydrogens is 392 g/mol. The zero-order chi connectivity index (χ0) is 16.8. The van der Waals surface area contributed by atoms with Crippen LogP contribution in [-0.2, 0) is 5.75 Å². The third-order valence-electron chi connectivity index (χ3n) is 4.14. The fourth-order valence-corrected chi connectivity index (χ4v) is 3.97. The first-order valence-electron chi connectivity index (χ1n) is 7.44. The normalized spacial score (nSPS) is 13.0. The number of aryl methyl sites for hydroxylation is 2. The minimum Gasteiger partial charge on any atom is -0.454 e. The Morgan fingerprint density at radius 3 is 2.71 bits per heavy atom. The minimum atomic E-state index is 0.274. The monoisotopic (exact) mass is 406 g/mol. The molecule has 2 aromatic heterocycles. The quantitative estimate of drug-likeness (QED) is 0.615. The van der Waals surface area contributed by atoms with Gasteiger partial charge in [0.25, 0.3) is 5.78 Å². The maximum atomic E-state index is 5.44. The summed E-state index contributed by atoms with van der Waals surface area (Å²) in [5.41, 5.74) is 4.31. The van der Waals surface area contributed by atoms with Gasteiger partial charge in [-0.2, -0.15) is 4.98 Å². The number of hydrogen-bond donors (Lipinski definition) is 0. The molecule has 0 radical (unpaired) electrons. The number of benzene rings is 1. The second-order valence-electron chi connectivity index (χ2n) is 5.60. The molecule has 3 heterocycles. The maximum Gasteiger partial charge on any atom is 0.253 e. The lowest BCUT2D eigenvalue weighted by Gasteiger charge is -2.05. The summed E-state index contributed by atoms with van der Waals surface area (Å²) < 4.78 is 13.6. The molecule has 0 saturated carbocycles. The van der Waals surface area contributed by atoms with E-state index in [9.17, 15) is 0 Å². The fraction of sp³-hybridized carbons (Fsp3) is 0.312. The van der Waals surface area contributed by atoms with E-state index in [2.05, 4.69) is 37.9 Å². The minimum absolute atomic E-state index is 0.274. The van der Waals surface area contributed by atoms with Gasteiger partial charge in [-0.05, 0) is 44.0 Å². The molecule has 124 valence electrons. The number of fused-ring (bicyclic) bond motifs is 2. The highest BCUT2D eigenvalue weighted by atomic mass is 79.9. The molecule has 0 bridgehead atoms. The molecule has 0 atom stereocenters. The van der Waals surface area contributed by atoms with Gasteiger partial charge in [-0.3, -0.25) is 0 Å². The van der Waals surface area contributed by atoms with E-state index in [0.29, 0.717) is 10.9 Å². The van der Waals surface area contributed by atoms with Crippen molar-refractivity contribution in [1.29, 1.82) is 0 Å². The van der Waals surface area contributed by atoms with Crippen molar-refractivity contribution in [2.75, 3.05) is 6.79 Å². The van der Waals surface area contributed by atoms with E-state index in [1.54, 1.807) is 16.3 Å². The Labute approximate surface area is 151 Å². The number of nitrogens with zero attached hydrogens (tertiary/aromatic N) is 4. The van der Waals surface area contributed by atoms with Crippen molar-refractivity contribution in [3.8, 4) is 11.5 Å². The molecule has 24 heavy (non-hydrogen) atoms. The molecule has 0 fully saturated rings. The summed E-state index contributed by atoms with van der Waals surface area (Å²) in [5.74, 6) is 2.92. The molecule has 1 aliphatic heterocycles. The summed E-state index contributed by atoms with van der Waals surface area (Å²) in [6, 6.07) is 3.93. The molecule has 6 nitrogen and oxygen atoms in total. The van der Waals surface area contributed by atoms with Crippen LogP contribution in [0, 0.1) is 20.8 Å². The van der Waals surface area contributed by atoms with Gasteiger partial charge >= 0.3 is 0 Å². The van der Waals surface area contributed by atoms with E-state index in [4.69, 9.17) is 9.47 Å². The lowest BCUT2D eigenvalue weighted by molar-refractivity contribution is 0.174. The van der Waals surface area contributed by atoms with E-state index < -0.39 is 0 Å². The van der Waals surface area contributed by atoms with E-state index >= 15 is 0 Å². The average Bonchev–Trinajstić information content (AvgIpc) is 3.16. The number of ether oxygens (including phenoxy) is 2. The summed E-state index contributed by atoms with van der Waals surface area (Å²) >= 11 is 5.15. The molecule has 1 aromatic carbocycles. The zero-order valence-electron chi connectivity index (χ0n) is 13.5. The van der Waals surface area contributed by atoms with Crippen LogP contribution in [-0.4, -0.2) is 26.4 Å². The molecular formula is C16H15BrN4O2S. The predicted octanol–water partition coefficient (Wildman–Crippen LogP) is 3.83. The van der Waals surface area contributed by atoms with Gasteiger partial charge in [-0.25, -0.2) is 9.50 Å². The van der Waals surface area contributed by atoms with E-state index in [0.717, 1.165) is 44.2 Å². The lowest BCUT2D eigenvalue weighted by atomic mass is 10.2. The lowest BCUT2D eigenvalue weighted by Crippen LogP contribution is -2.02. The van der Waals surface area contributed by atoms with Crippen molar-refractivity contribution >= 4 is 33.5 Å². The number of hydrogen-bond acceptors (Lipinski definition) is 6. The van der Waals surface area contributed by atoms with Gasteiger partial charge in [-0.1, -0.05) is 27.7 Å². The van der Waals surface area contributed by atoms with Crippen molar-refractivity contribution in [2.24, 2.45) is 0 Å². The summed E-state index contributed by atoms with van der Waals surface area (Å²) in [6.45, 7) is 6.35. The topological polar surface area (TPSA) is 61.5 Å². The van der Waals surface area contributed by atoms with Crippen LogP contribution in [0.4, 0.5) is 0 Å². The van der Waals surface area contributed by atoms with Crippen LogP contribution in [0.2, 0.25) is 0 Å². The largest absolute Gasteiger partial charge is 0.454 e. The molecule has 0 amide bonds. The van der Waals surface area contributed by atoms with Gasteiger partial charge in [0.05, 0.1) is 0 Å². The first-order valence-corrected chi connectivity index (χ1v) is 9.22. The Hall–Kier alpha value is -1.80. The Balaban J connectivity index is 1.60. The molecule has 0 saturated heterocycles. The van der Waals surface area contributed by atoms with Crippen molar-refractivity contribution in [2.45, 2.75) is 31.7 Å². The highest BCUT2D eigenvalue weighted by molar-refractivity contribution is 9.10. The third kappa shape index (κ3) is 2.63. The highest BCUT2D eigenvalue weighted by Crippen LogP contribution is 2.38. The summed E-state index contributed by atoms with van der Waals surface area (Å²) in [7, 11) is 0. The first kappa shape index (κ1) is 15.7. The summed E-state index contributed by atoms with van der Waals surface area (Å²) in [6.07, 6.45) is 0. The SMILES string of the molecule is Cc1nc2nc(SCc3cc4c(cc3Br)OCO4)nn2c(C)c1C. The highest BCUT2D eigenvalue weighted by Gasteiger charge is 2.17. The molecule has 4 rings (SSSR count). The number of halogens is 1. The maximum absolute atomic E-state index is 5.44. The van der Waals surface area contributed by atoms with Crippen LogP contribution in [0.25, 0.3) is 5.78 Å². The molecule has 1 aliphatic rings. The Morgan fingerprint density at radius 2 is 1.92 bits per heavy atom. The van der Waals surface area contributed by atoms with Gasteiger partial charge in [0.1, 0.15) is 0 Å². The second kappa shape index (κ2) is 5.93. The predicted molar refractivity (Wildman–Crippen MR) is 94.8 cm³/mol. The fourth-order valence-electron chi connectivity index (χ4n) is 2.51. The van der Waals surface area contributed by atoms with Crippen molar-refractivity contribution in [1.82, 2.24) is 19.6 Å². The standard InChI is InChI=1S/C16H15BrN4O2S/c1-8-9(2)18-15-19-16(20-21(15)10(8)3)24-6-11-4-13-14(5-12(11)17)23-7-22-13/h4-5H,6-7H2,1-3H3. The van der Waals surface area contributed by atoms with Gasteiger partial charge in [0.2, 0.25) is 11.9 Å². The van der Waals surface area contributed by atoms with Crippen molar-refractivity contribution in [3.63, 3.8) is 0 Å². The number of rotatable bonds is 3. The van der Waals surface area contributed by atoms with Crippen molar-refractivity contribution < 1.29 is 9.47 Å². The van der Waals surface area contributed by atoms with Crippen LogP contribution in [0.15, 0.2) is 21.8 Å². The third-order valence-corrected chi connectivity index (χ3v) is 5.76. The van der Waals surface area contributed by atoms with E-state index in [1.807, 2.05) is 26.0 Å². The molecule has 0 aliphatic carbocycles. The van der Waals surface area contributed by atoms with Crippen LogP contribution >= 0.6 is 27.7 Å². The van der Waals surface area contributed by atoms with Crippen LogP contribution in [0.1, 0.15) is 22.5 Å². The van der Waals surface area contributed by atoms with Gasteiger partial charge in [0, 0.05) is 21.6 Å². The Bertz CT molecular complexity index is 957. The zero-order valence-corrected chi connectivity index (χ0v) is 15.9. The van der Waals surface area contributed by atoms with Gasteiger partial charge < -0.3 is 9.47 Å². The van der Waals surface area contributed by atoms with Crippen LogP contribution in [0.5, 0.6) is 11.5 Å². The smallest absolute Gasteiger partial charge is 0.253 e. The molecule has 0 spiro atoms. The van der Waals surface area contributed by atoms with Crippen LogP contribution in [0.3, 0.4) is 0 Å². The first-order chi connectivity index (χ1) is 11.5. The van der Waals surface area contributed by atoms with E-state index in [1.165, 1.54) is 0 Å². The van der Waals surface area contributed by atoms with Crippen molar-refractivity contribution in [3.05, 3.63) is 39.1 Å². The molecule has 0 N–H and O–H groups in total. The van der Waals surface area contributed by atoms with Gasteiger partial charge in [0.15, 0.2) is 11.5 Å². The molecule has 0 unspecified atom stereocenters. The summed E-state index contributed by atoms with van der Waals surface area (Å²) in [5, 5.41) is 5.27. The average molecular weight is 407 g/mol. The Kier molecular flexibility index (Phi) is 3.88. The Morgan fingerprint density at radius 1 is 1.17 bits per heavy atom. The number of thioether (sulfide) groups is 1. The van der Waals surface area contributed by atoms with E-state index in [-0.39, 0.29) is 6.79 Å². The van der Waals surface area contributed by atoms with Gasteiger partial charge in [-0.15, -0.1) is 5.10 Å². The second-order valence-corrected chi connectivity index (χ2v) is 7.40.